The summed E-state index contributed by atoms with van der Waals surface area (Å²) in [5.41, 5.74) is 1.87. The van der Waals surface area contributed by atoms with Crippen molar-refractivity contribution in [2.24, 2.45) is 5.92 Å². The Hall–Kier alpha value is -0.910. The quantitative estimate of drug-likeness (QED) is 0.772. The van der Waals surface area contributed by atoms with Crippen LogP contribution in [0.4, 0.5) is 0 Å². The summed E-state index contributed by atoms with van der Waals surface area (Å²) in [6, 6.07) is 5.69. The molecule has 1 aliphatic carbocycles. The Bertz CT molecular complexity index is 551. The van der Waals surface area contributed by atoms with Crippen LogP contribution in [0.2, 0.25) is 0 Å². The van der Waals surface area contributed by atoms with Crippen molar-refractivity contribution >= 4 is 10.0 Å². The van der Waals surface area contributed by atoms with Crippen molar-refractivity contribution in [1.82, 2.24) is 10.0 Å². The highest BCUT2D eigenvalue weighted by Gasteiger charge is 2.23. The smallest absolute Gasteiger partial charge is 0.240 e. The van der Waals surface area contributed by atoms with Crippen LogP contribution in [0.1, 0.15) is 37.3 Å². The second-order valence-corrected chi connectivity index (χ2v) is 7.19. The molecule has 0 spiro atoms. The molecule has 112 valence electrons. The predicted octanol–water partition coefficient (Wildman–Crippen LogP) is 2.05. The van der Waals surface area contributed by atoms with Crippen molar-refractivity contribution in [2.75, 3.05) is 13.6 Å². The summed E-state index contributed by atoms with van der Waals surface area (Å²) in [4.78, 5) is 0.434. The highest BCUT2D eigenvalue weighted by atomic mass is 32.2. The minimum Gasteiger partial charge on any atom is -0.316 e. The molecule has 1 fully saturated rings. The molecule has 0 heterocycles. The van der Waals surface area contributed by atoms with E-state index in [0.29, 0.717) is 18.0 Å². The number of hydrogen-bond acceptors (Lipinski definition) is 3. The van der Waals surface area contributed by atoms with E-state index in [1.807, 2.05) is 26.1 Å². The zero-order chi connectivity index (χ0) is 14.6. The molecule has 0 radical (unpaired) electrons. The van der Waals surface area contributed by atoms with Gasteiger partial charge in [-0.2, -0.15) is 0 Å². The van der Waals surface area contributed by atoms with Gasteiger partial charge >= 0.3 is 0 Å². The van der Waals surface area contributed by atoms with Gasteiger partial charge in [0, 0.05) is 13.1 Å². The van der Waals surface area contributed by atoms with Crippen LogP contribution >= 0.6 is 0 Å². The molecular formula is C15H24N2O2S. The van der Waals surface area contributed by atoms with Gasteiger partial charge in [-0.3, -0.25) is 0 Å². The van der Waals surface area contributed by atoms with Gasteiger partial charge in [0.2, 0.25) is 10.0 Å². The Morgan fingerprint density at radius 2 is 2.05 bits per heavy atom. The molecule has 0 saturated heterocycles. The first-order valence-electron chi connectivity index (χ1n) is 7.33. The van der Waals surface area contributed by atoms with Gasteiger partial charge < -0.3 is 5.32 Å². The van der Waals surface area contributed by atoms with Crippen molar-refractivity contribution < 1.29 is 8.42 Å². The molecule has 0 unspecified atom stereocenters. The number of aryl methyl sites for hydroxylation is 1. The molecule has 0 aliphatic heterocycles. The van der Waals surface area contributed by atoms with Gasteiger partial charge in [-0.05, 0) is 43.0 Å². The zero-order valence-electron chi connectivity index (χ0n) is 12.3. The van der Waals surface area contributed by atoms with E-state index in [1.165, 1.54) is 12.8 Å². The van der Waals surface area contributed by atoms with Gasteiger partial charge in [0.25, 0.3) is 0 Å². The first-order valence-corrected chi connectivity index (χ1v) is 8.81. The number of benzene rings is 1. The molecule has 0 atom stereocenters. The predicted molar refractivity (Wildman–Crippen MR) is 81.1 cm³/mol. The zero-order valence-corrected chi connectivity index (χ0v) is 13.1. The first kappa shape index (κ1) is 15.5. The maximum absolute atomic E-state index is 12.4. The van der Waals surface area contributed by atoms with Crippen molar-refractivity contribution in [2.45, 2.75) is 44.0 Å². The van der Waals surface area contributed by atoms with Crippen molar-refractivity contribution in [3.8, 4) is 0 Å². The van der Waals surface area contributed by atoms with Gasteiger partial charge in [0.15, 0.2) is 0 Å². The summed E-state index contributed by atoms with van der Waals surface area (Å²) in [6.45, 7) is 3.21. The molecule has 5 heteroatoms. The highest BCUT2D eigenvalue weighted by molar-refractivity contribution is 7.89. The average Bonchev–Trinajstić information content (AvgIpc) is 3.23. The van der Waals surface area contributed by atoms with Crippen LogP contribution in [-0.4, -0.2) is 22.0 Å². The van der Waals surface area contributed by atoms with E-state index in [-0.39, 0.29) is 0 Å². The van der Waals surface area contributed by atoms with E-state index in [0.717, 1.165) is 29.9 Å². The molecular weight excluding hydrogens is 272 g/mol. The minimum atomic E-state index is -3.39. The van der Waals surface area contributed by atoms with E-state index in [9.17, 15) is 8.42 Å². The molecule has 1 aliphatic rings. The fourth-order valence-corrected chi connectivity index (χ4v) is 3.74. The average molecular weight is 296 g/mol. The molecule has 1 aromatic rings. The highest BCUT2D eigenvalue weighted by Crippen LogP contribution is 2.31. The Morgan fingerprint density at radius 3 is 2.65 bits per heavy atom. The van der Waals surface area contributed by atoms with E-state index in [1.54, 1.807) is 6.07 Å². The molecule has 1 saturated carbocycles. The molecule has 20 heavy (non-hydrogen) atoms. The normalized spacial score (nSPS) is 15.5. The first-order chi connectivity index (χ1) is 9.56. The number of sulfonamides is 1. The Labute approximate surface area is 122 Å². The second-order valence-electron chi connectivity index (χ2n) is 5.46. The van der Waals surface area contributed by atoms with E-state index in [4.69, 9.17) is 0 Å². The Morgan fingerprint density at radius 1 is 1.30 bits per heavy atom. The number of nitrogens with one attached hydrogen (secondary N) is 2. The lowest BCUT2D eigenvalue weighted by Crippen LogP contribution is -2.26. The number of hydrogen-bond donors (Lipinski definition) is 2. The fraction of sp³-hybridized carbons (Fsp3) is 0.600. The van der Waals surface area contributed by atoms with Crippen LogP contribution in [0.3, 0.4) is 0 Å². The minimum absolute atomic E-state index is 0.434. The standard InChI is InChI=1S/C15H24N2O2S/c1-3-14-7-6-13(11-16-2)10-15(14)20(18,19)17-9-8-12-4-5-12/h6-7,10,12,16-17H,3-5,8-9,11H2,1-2H3. The number of rotatable bonds is 8. The van der Waals surface area contributed by atoms with Gasteiger partial charge in [-0.1, -0.05) is 31.9 Å². The SMILES string of the molecule is CCc1ccc(CNC)cc1S(=O)(=O)NCCC1CC1. The summed E-state index contributed by atoms with van der Waals surface area (Å²) in [6.07, 6.45) is 4.18. The third-order valence-electron chi connectivity index (χ3n) is 3.72. The van der Waals surface area contributed by atoms with Gasteiger partial charge in [-0.15, -0.1) is 0 Å². The van der Waals surface area contributed by atoms with Gasteiger partial charge in [-0.25, -0.2) is 13.1 Å². The lowest BCUT2D eigenvalue weighted by atomic mass is 10.1. The summed E-state index contributed by atoms with van der Waals surface area (Å²) < 4.78 is 27.6. The van der Waals surface area contributed by atoms with Crippen LogP contribution in [0.25, 0.3) is 0 Å². The van der Waals surface area contributed by atoms with Crippen LogP contribution in [0, 0.1) is 5.92 Å². The molecule has 4 nitrogen and oxygen atoms in total. The van der Waals surface area contributed by atoms with E-state index >= 15 is 0 Å². The van der Waals surface area contributed by atoms with Crippen molar-refractivity contribution in [3.05, 3.63) is 29.3 Å². The maximum atomic E-state index is 12.4. The molecule has 0 bridgehead atoms. The Balaban J connectivity index is 2.15. The third-order valence-corrected chi connectivity index (χ3v) is 5.27. The lowest BCUT2D eigenvalue weighted by molar-refractivity contribution is 0.574. The third kappa shape index (κ3) is 4.04. The maximum Gasteiger partial charge on any atom is 0.240 e. The van der Waals surface area contributed by atoms with E-state index in [2.05, 4.69) is 10.0 Å². The van der Waals surface area contributed by atoms with Gasteiger partial charge in [0.05, 0.1) is 4.90 Å². The molecule has 0 amide bonds. The monoisotopic (exact) mass is 296 g/mol. The largest absolute Gasteiger partial charge is 0.316 e. The van der Waals surface area contributed by atoms with E-state index < -0.39 is 10.0 Å². The lowest BCUT2D eigenvalue weighted by Gasteiger charge is -2.12. The topological polar surface area (TPSA) is 58.2 Å². The fourth-order valence-electron chi connectivity index (χ4n) is 2.34. The molecule has 2 N–H and O–H groups in total. The molecule has 2 rings (SSSR count). The van der Waals surface area contributed by atoms with Crippen LogP contribution < -0.4 is 10.0 Å². The van der Waals surface area contributed by atoms with Crippen LogP contribution in [0.5, 0.6) is 0 Å². The van der Waals surface area contributed by atoms with Crippen LogP contribution in [0.15, 0.2) is 23.1 Å². The van der Waals surface area contributed by atoms with Crippen LogP contribution in [-0.2, 0) is 23.0 Å². The molecule has 0 aromatic heterocycles. The molecule has 1 aromatic carbocycles. The van der Waals surface area contributed by atoms with Gasteiger partial charge in [0.1, 0.15) is 0 Å². The Kier molecular flexibility index (Phi) is 5.18. The van der Waals surface area contributed by atoms with Crippen molar-refractivity contribution in [3.63, 3.8) is 0 Å². The summed E-state index contributed by atoms with van der Waals surface area (Å²) >= 11 is 0. The summed E-state index contributed by atoms with van der Waals surface area (Å²) in [7, 11) is -1.53. The summed E-state index contributed by atoms with van der Waals surface area (Å²) in [5, 5.41) is 3.05. The van der Waals surface area contributed by atoms with Crippen molar-refractivity contribution in [1.29, 1.82) is 0 Å². The summed E-state index contributed by atoms with van der Waals surface area (Å²) in [5.74, 6) is 0.735. The second kappa shape index (κ2) is 6.70.